The molecule has 2 atom stereocenters. The molecule has 2 N–H and O–H groups in total. The number of aromatic nitrogens is 3. The van der Waals surface area contributed by atoms with Gasteiger partial charge < -0.3 is 5.32 Å². The molecule has 1 spiro atoms. The predicted octanol–water partition coefficient (Wildman–Crippen LogP) is 2.57. The number of fused-ring (bicyclic) bond motifs is 1. The molecular weight excluding hydrogens is 314 g/mol. The number of anilines is 1. The first-order chi connectivity index (χ1) is 12.1. The monoisotopic (exact) mass is 339 g/mol. The molecule has 3 fully saturated rings. The summed E-state index contributed by atoms with van der Waals surface area (Å²) < 4.78 is 1.95. The summed E-state index contributed by atoms with van der Waals surface area (Å²) in [5.41, 5.74) is 2.59. The summed E-state index contributed by atoms with van der Waals surface area (Å²) in [5, 5.41) is 10.9. The lowest BCUT2D eigenvalue weighted by Crippen LogP contribution is -2.56. The molecule has 2 aliphatic carbocycles. The molecule has 6 heteroatoms. The minimum Gasteiger partial charge on any atom is -0.316 e. The first kappa shape index (κ1) is 15.3. The van der Waals surface area contributed by atoms with Crippen LogP contribution in [-0.2, 0) is 4.79 Å². The number of pyridine rings is 1. The first-order valence-corrected chi connectivity index (χ1v) is 9.51. The van der Waals surface area contributed by atoms with E-state index in [2.05, 4.69) is 39.8 Å². The lowest BCUT2D eigenvalue weighted by Gasteiger charge is -2.50. The summed E-state index contributed by atoms with van der Waals surface area (Å²) in [5.74, 6) is 1.80. The Morgan fingerprint density at radius 3 is 2.84 bits per heavy atom. The van der Waals surface area contributed by atoms with Gasteiger partial charge >= 0.3 is 0 Å². The van der Waals surface area contributed by atoms with Crippen molar-refractivity contribution in [1.82, 2.24) is 19.9 Å². The molecule has 2 aromatic rings. The average molecular weight is 339 g/mol. The van der Waals surface area contributed by atoms with Gasteiger partial charge in [0.2, 0.25) is 11.9 Å². The van der Waals surface area contributed by atoms with Crippen LogP contribution in [-0.4, -0.2) is 33.6 Å². The topological polar surface area (TPSA) is 71.3 Å². The lowest BCUT2D eigenvalue weighted by molar-refractivity contribution is -0.117. The van der Waals surface area contributed by atoms with Crippen LogP contribution in [0.2, 0.25) is 0 Å². The van der Waals surface area contributed by atoms with Gasteiger partial charge in [-0.15, -0.1) is 5.10 Å². The molecule has 1 unspecified atom stereocenters. The third-order valence-electron chi connectivity index (χ3n) is 6.38. The van der Waals surface area contributed by atoms with Gasteiger partial charge in [-0.25, -0.2) is 4.52 Å². The molecule has 2 saturated carbocycles. The van der Waals surface area contributed by atoms with Crippen molar-refractivity contribution in [3.8, 4) is 0 Å². The molecule has 0 radical (unpaired) electrons. The molecule has 3 heterocycles. The van der Waals surface area contributed by atoms with E-state index in [1.807, 2.05) is 10.6 Å². The van der Waals surface area contributed by atoms with Gasteiger partial charge in [-0.2, -0.15) is 4.98 Å². The summed E-state index contributed by atoms with van der Waals surface area (Å²) in [6.45, 7) is 4.72. The molecule has 0 bridgehead atoms. The Hall–Kier alpha value is -1.95. The maximum atomic E-state index is 12.0. The average Bonchev–Trinajstić information content (AvgIpc) is 3.33. The van der Waals surface area contributed by atoms with Gasteiger partial charge in [-0.05, 0) is 55.6 Å². The molecule has 0 aromatic carbocycles. The highest BCUT2D eigenvalue weighted by molar-refractivity contribution is 5.92. The highest BCUT2D eigenvalue weighted by atomic mass is 16.2. The number of nitrogens with one attached hydrogen (secondary N) is 2. The fourth-order valence-electron chi connectivity index (χ4n) is 4.73. The van der Waals surface area contributed by atoms with E-state index < -0.39 is 0 Å². The summed E-state index contributed by atoms with van der Waals surface area (Å²) >= 11 is 0. The van der Waals surface area contributed by atoms with Crippen LogP contribution in [0.3, 0.4) is 0 Å². The normalized spacial score (nSPS) is 28.0. The minimum absolute atomic E-state index is 0.0583. The van der Waals surface area contributed by atoms with E-state index in [1.165, 1.54) is 38.0 Å². The summed E-state index contributed by atoms with van der Waals surface area (Å²) in [7, 11) is 0. The number of carbonyl (C=O) groups is 1. The second-order valence-corrected chi connectivity index (χ2v) is 8.35. The van der Waals surface area contributed by atoms with Crippen LogP contribution in [0, 0.1) is 17.3 Å². The van der Waals surface area contributed by atoms with Gasteiger partial charge in [0.25, 0.3) is 0 Å². The largest absolute Gasteiger partial charge is 0.316 e. The Labute approximate surface area is 147 Å². The van der Waals surface area contributed by atoms with Gasteiger partial charge in [-0.1, -0.05) is 13.0 Å². The highest BCUT2D eigenvalue weighted by Gasteiger charge is 2.44. The maximum Gasteiger partial charge on any atom is 0.249 e. The molecule has 132 valence electrons. The second kappa shape index (κ2) is 5.53. The molecule has 1 saturated heterocycles. The highest BCUT2D eigenvalue weighted by Crippen LogP contribution is 2.48. The Kier molecular flexibility index (Phi) is 3.39. The van der Waals surface area contributed by atoms with E-state index in [0.29, 0.717) is 23.2 Å². The molecule has 1 aliphatic heterocycles. The van der Waals surface area contributed by atoms with Crippen LogP contribution in [0.1, 0.15) is 50.6 Å². The standard InChI is InChI=1S/C19H25N5O/c1-12-9-19(10-20-11-19)8-7-14(12)15-3-2-4-16-21-18(23-24(15)16)22-17(25)13-5-6-13/h2-4,12-14,20H,5-11H2,1H3,(H,22,23,25)/t12-,14?/m1/s1. The van der Waals surface area contributed by atoms with Crippen molar-refractivity contribution >= 4 is 17.5 Å². The van der Waals surface area contributed by atoms with Crippen molar-refractivity contribution in [1.29, 1.82) is 0 Å². The number of carbonyl (C=O) groups excluding carboxylic acids is 1. The van der Waals surface area contributed by atoms with Crippen molar-refractivity contribution in [3.05, 3.63) is 23.9 Å². The van der Waals surface area contributed by atoms with Crippen LogP contribution in [0.15, 0.2) is 18.2 Å². The van der Waals surface area contributed by atoms with Crippen LogP contribution in [0.4, 0.5) is 5.95 Å². The summed E-state index contributed by atoms with van der Waals surface area (Å²) in [6, 6.07) is 6.20. The van der Waals surface area contributed by atoms with Gasteiger partial charge in [0.05, 0.1) is 0 Å². The quantitative estimate of drug-likeness (QED) is 0.901. The van der Waals surface area contributed by atoms with Crippen LogP contribution >= 0.6 is 0 Å². The van der Waals surface area contributed by atoms with Gasteiger partial charge in [-0.3, -0.25) is 10.1 Å². The Morgan fingerprint density at radius 1 is 1.32 bits per heavy atom. The van der Waals surface area contributed by atoms with E-state index in [1.54, 1.807) is 0 Å². The molecule has 25 heavy (non-hydrogen) atoms. The SMILES string of the molecule is C[C@@H]1CC2(CCC1c1cccc3nc(NC(=O)C4CC4)nn13)CNC2. The zero-order valence-electron chi connectivity index (χ0n) is 14.7. The second-order valence-electron chi connectivity index (χ2n) is 8.35. The molecular formula is C19H25N5O. The van der Waals surface area contributed by atoms with Crippen LogP contribution in [0.5, 0.6) is 0 Å². The number of hydrogen-bond donors (Lipinski definition) is 2. The van der Waals surface area contributed by atoms with E-state index >= 15 is 0 Å². The molecule has 1 amide bonds. The van der Waals surface area contributed by atoms with E-state index in [0.717, 1.165) is 18.5 Å². The lowest BCUT2D eigenvalue weighted by atomic mass is 9.62. The van der Waals surface area contributed by atoms with Crippen molar-refractivity contribution < 1.29 is 4.79 Å². The van der Waals surface area contributed by atoms with Crippen molar-refractivity contribution in [3.63, 3.8) is 0 Å². The van der Waals surface area contributed by atoms with Gasteiger partial charge in [0, 0.05) is 30.6 Å². The third-order valence-corrected chi connectivity index (χ3v) is 6.38. The zero-order chi connectivity index (χ0) is 17.0. The fraction of sp³-hybridized carbons (Fsp3) is 0.632. The van der Waals surface area contributed by atoms with Gasteiger partial charge in [0.15, 0.2) is 5.65 Å². The van der Waals surface area contributed by atoms with E-state index in [4.69, 9.17) is 0 Å². The smallest absolute Gasteiger partial charge is 0.249 e. The molecule has 2 aromatic heterocycles. The number of nitrogens with zero attached hydrogens (tertiary/aromatic N) is 3. The van der Waals surface area contributed by atoms with E-state index in [-0.39, 0.29) is 11.8 Å². The number of hydrogen-bond acceptors (Lipinski definition) is 4. The van der Waals surface area contributed by atoms with Crippen molar-refractivity contribution in [2.45, 2.75) is 44.9 Å². The molecule has 6 nitrogen and oxygen atoms in total. The number of amides is 1. The molecule has 3 aliphatic rings. The summed E-state index contributed by atoms with van der Waals surface area (Å²) in [6.07, 6.45) is 5.74. The Balaban J connectivity index is 1.42. The minimum atomic E-state index is 0.0583. The number of rotatable bonds is 3. The van der Waals surface area contributed by atoms with Crippen LogP contribution < -0.4 is 10.6 Å². The summed E-state index contributed by atoms with van der Waals surface area (Å²) in [4.78, 5) is 16.5. The molecule has 5 rings (SSSR count). The zero-order valence-corrected chi connectivity index (χ0v) is 14.7. The van der Waals surface area contributed by atoms with Crippen molar-refractivity contribution in [2.75, 3.05) is 18.4 Å². The predicted molar refractivity (Wildman–Crippen MR) is 95.4 cm³/mol. The Bertz CT molecular complexity index is 820. The van der Waals surface area contributed by atoms with E-state index in [9.17, 15) is 4.79 Å². The fourth-order valence-corrected chi connectivity index (χ4v) is 4.73. The Morgan fingerprint density at radius 2 is 2.16 bits per heavy atom. The first-order valence-electron chi connectivity index (χ1n) is 9.51. The van der Waals surface area contributed by atoms with Crippen LogP contribution in [0.25, 0.3) is 5.65 Å². The van der Waals surface area contributed by atoms with Crippen molar-refractivity contribution in [2.24, 2.45) is 17.3 Å². The maximum absolute atomic E-state index is 12.0. The third kappa shape index (κ3) is 2.63. The van der Waals surface area contributed by atoms with Gasteiger partial charge in [0.1, 0.15) is 0 Å².